The molecule has 0 spiro atoms. The molecule has 0 saturated heterocycles. The number of benzene rings is 1. The first kappa shape index (κ1) is 15.4. The predicted octanol–water partition coefficient (Wildman–Crippen LogP) is 3.68. The average molecular weight is 343 g/mol. The first-order valence-electron chi connectivity index (χ1n) is 5.97. The highest BCUT2D eigenvalue weighted by atomic mass is 35.5. The number of sulfonamides is 1. The van der Waals surface area contributed by atoms with Gasteiger partial charge in [0.15, 0.2) is 0 Å². The van der Waals surface area contributed by atoms with Crippen molar-refractivity contribution in [2.24, 2.45) is 5.92 Å². The average Bonchev–Trinajstić information content (AvgIpc) is 2.79. The summed E-state index contributed by atoms with van der Waals surface area (Å²) >= 11 is 17.5. The Morgan fingerprint density at radius 3 is 2.58 bits per heavy atom. The summed E-state index contributed by atoms with van der Waals surface area (Å²) in [5.74, 6) is 0.661. The van der Waals surface area contributed by atoms with Gasteiger partial charge in [0, 0.05) is 11.9 Å². The van der Waals surface area contributed by atoms with Crippen LogP contribution < -0.4 is 4.72 Å². The molecule has 1 aliphatic rings. The molecule has 1 fully saturated rings. The van der Waals surface area contributed by atoms with Gasteiger partial charge in [0.2, 0.25) is 10.0 Å². The molecule has 0 amide bonds. The van der Waals surface area contributed by atoms with Crippen LogP contribution in [0.15, 0.2) is 23.1 Å². The number of hydrogen-bond acceptors (Lipinski definition) is 2. The third kappa shape index (κ3) is 3.56. The second-order valence-electron chi connectivity index (χ2n) is 4.65. The monoisotopic (exact) mass is 341 g/mol. The Bertz CT molecular complexity index is 562. The van der Waals surface area contributed by atoms with Crippen LogP contribution in [-0.4, -0.2) is 20.3 Å². The zero-order chi connectivity index (χ0) is 14.0. The molecule has 1 aliphatic carbocycles. The van der Waals surface area contributed by atoms with Gasteiger partial charge in [-0.1, -0.05) is 29.6 Å². The van der Waals surface area contributed by atoms with Crippen molar-refractivity contribution in [3.8, 4) is 0 Å². The predicted molar refractivity (Wildman–Crippen MR) is 78.6 cm³/mol. The second-order valence-corrected chi connectivity index (χ2v) is 7.49. The van der Waals surface area contributed by atoms with E-state index in [0.29, 0.717) is 10.9 Å². The van der Waals surface area contributed by atoms with Crippen LogP contribution in [0, 0.1) is 5.92 Å². The van der Waals surface area contributed by atoms with Crippen LogP contribution in [0.25, 0.3) is 0 Å². The largest absolute Gasteiger partial charge is 0.240 e. The van der Waals surface area contributed by atoms with Crippen LogP contribution in [0.5, 0.6) is 0 Å². The maximum absolute atomic E-state index is 12.3. The minimum absolute atomic E-state index is 0.100. The number of rotatable bonds is 4. The molecule has 0 bridgehead atoms. The normalized spacial score (nSPS) is 23.7. The lowest BCUT2D eigenvalue weighted by atomic mass is 10.1. The molecule has 0 radical (unpaired) electrons. The SMILES string of the molecule is O=S(=O)(NC1CCCC1CCl)c1ccc(Cl)c(Cl)c1. The van der Waals surface area contributed by atoms with Crippen molar-refractivity contribution in [1.29, 1.82) is 0 Å². The fourth-order valence-corrected chi connectivity index (χ4v) is 4.39. The minimum Gasteiger partial charge on any atom is -0.208 e. The molecule has 2 unspecified atom stereocenters. The van der Waals surface area contributed by atoms with Crippen molar-refractivity contribution in [2.45, 2.75) is 30.2 Å². The first-order chi connectivity index (χ1) is 8.94. The van der Waals surface area contributed by atoms with Gasteiger partial charge < -0.3 is 0 Å². The van der Waals surface area contributed by atoms with E-state index in [9.17, 15) is 8.42 Å². The molecule has 1 aromatic rings. The fraction of sp³-hybridized carbons (Fsp3) is 0.500. The van der Waals surface area contributed by atoms with E-state index in [1.165, 1.54) is 18.2 Å². The van der Waals surface area contributed by atoms with E-state index in [-0.39, 0.29) is 21.9 Å². The van der Waals surface area contributed by atoms with Crippen LogP contribution in [0.4, 0.5) is 0 Å². The molecule has 0 aliphatic heterocycles. The minimum atomic E-state index is -3.58. The Hall–Kier alpha value is -0.000000000000000111. The van der Waals surface area contributed by atoms with Gasteiger partial charge in [-0.25, -0.2) is 13.1 Å². The molecule has 2 atom stereocenters. The van der Waals surface area contributed by atoms with Gasteiger partial charge in [0.25, 0.3) is 0 Å². The lowest BCUT2D eigenvalue weighted by molar-refractivity contribution is 0.480. The molecule has 1 aromatic carbocycles. The van der Waals surface area contributed by atoms with Crippen molar-refractivity contribution in [3.63, 3.8) is 0 Å². The zero-order valence-corrected chi connectivity index (χ0v) is 13.2. The van der Waals surface area contributed by atoms with Crippen molar-refractivity contribution in [2.75, 3.05) is 5.88 Å². The van der Waals surface area contributed by atoms with E-state index in [1.54, 1.807) is 0 Å². The summed E-state index contributed by atoms with van der Waals surface area (Å²) < 4.78 is 27.2. The molecular formula is C12H14Cl3NO2S. The fourth-order valence-electron chi connectivity index (χ4n) is 2.29. The Balaban J connectivity index is 2.20. The summed E-state index contributed by atoms with van der Waals surface area (Å²) in [7, 11) is -3.58. The van der Waals surface area contributed by atoms with Gasteiger partial charge >= 0.3 is 0 Å². The summed E-state index contributed by atoms with van der Waals surface area (Å²) in [4.78, 5) is 0.127. The lowest BCUT2D eigenvalue weighted by Crippen LogP contribution is -2.37. The number of halogens is 3. The molecule has 1 N–H and O–H groups in total. The van der Waals surface area contributed by atoms with Crippen molar-refractivity contribution in [1.82, 2.24) is 4.72 Å². The number of alkyl halides is 1. The van der Waals surface area contributed by atoms with Crippen LogP contribution in [0.3, 0.4) is 0 Å². The van der Waals surface area contributed by atoms with Gasteiger partial charge in [0.1, 0.15) is 0 Å². The molecule has 0 aromatic heterocycles. The molecule has 7 heteroatoms. The van der Waals surface area contributed by atoms with Crippen LogP contribution in [0.2, 0.25) is 10.0 Å². The molecule has 106 valence electrons. The summed E-state index contributed by atoms with van der Waals surface area (Å²) in [5.41, 5.74) is 0. The summed E-state index contributed by atoms with van der Waals surface area (Å²) in [6.45, 7) is 0. The van der Waals surface area contributed by atoms with Crippen LogP contribution in [-0.2, 0) is 10.0 Å². The molecular weight excluding hydrogens is 329 g/mol. The highest BCUT2D eigenvalue weighted by Crippen LogP contribution is 2.29. The van der Waals surface area contributed by atoms with Gasteiger partial charge in [0.05, 0.1) is 14.9 Å². The lowest BCUT2D eigenvalue weighted by Gasteiger charge is -2.19. The van der Waals surface area contributed by atoms with E-state index in [4.69, 9.17) is 34.8 Å². The second kappa shape index (κ2) is 6.19. The van der Waals surface area contributed by atoms with E-state index in [1.807, 2.05) is 0 Å². The van der Waals surface area contributed by atoms with Crippen LogP contribution in [0.1, 0.15) is 19.3 Å². The highest BCUT2D eigenvalue weighted by molar-refractivity contribution is 7.89. The Labute approximate surface area is 128 Å². The van der Waals surface area contributed by atoms with E-state index < -0.39 is 10.0 Å². The Morgan fingerprint density at radius 2 is 1.95 bits per heavy atom. The van der Waals surface area contributed by atoms with Crippen molar-refractivity contribution < 1.29 is 8.42 Å². The van der Waals surface area contributed by atoms with Gasteiger partial charge in [-0.05, 0) is 37.0 Å². The van der Waals surface area contributed by atoms with E-state index in [0.717, 1.165) is 19.3 Å². The highest BCUT2D eigenvalue weighted by Gasteiger charge is 2.30. The molecule has 2 rings (SSSR count). The Morgan fingerprint density at radius 1 is 1.21 bits per heavy atom. The number of nitrogens with one attached hydrogen (secondary N) is 1. The van der Waals surface area contributed by atoms with Gasteiger partial charge in [-0.2, -0.15) is 0 Å². The zero-order valence-electron chi connectivity index (χ0n) is 10.1. The summed E-state index contributed by atoms with van der Waals surface area (Å²) in [6.07, 6.45) is 2.77. The van der Waals surface area contributed by atoms with Gasteiger partial charge in [-0.3, -0.25) is 0 Å². The first-order valence-corrected chi connectivity index (χ1v) is 8.75. The topological polar surface area (TPSA) is 46.2 Å². The Kier molecular flexibility index (Phi) is 5.01. The maximum Gasteiger partial charge on any atom is 0.240 e. The quantitative estimate of drug-likeness (QED) is 0.848. The molecule has 3 nitrogen and oxygen atoms in total. The third-order valence-electron chi connectivity index (χ3n) is 3.37. The standard InChI is InChI=1S/C12H14Cl3NO2S/c13-7-8-2-1-3-12(8)16-19(17,18)9-4-5-10(14)11(15)6-9/h4-6,8,12,16H,1-3,7H2. The van der Waals surface area contributed by atoms with E-state index >= 15 is 0 Å². The van der Waals surface area contributed by atoms with Crippen molar-refractivity contribution >= 4 is 44.8 Å². The maximum atomic E-state index is 12.3. The van der Waals surface area contributed by atoms with Crippen LogP contribution >= 0.6 is 34.8 Å². The molecule has 19 heavy (non-hydrogen) atoms. The molecule has 0 heterocycles. The summed E-state index contributed by atoms with van der Waals surface area (Å²) in [5, 5.41) is 0.560. The molecule has 1 saturated carbocycles. The van der Waals surface area contributed by atoms with Gasteiger partial charge in [-0.15, -0.1) is 11.6 Å². The number of hydrogen-bond donors (Lipinski definition) is 1. The smallest absolute Gasteiger partial charge is 0.208 e. The third-order valence-corrected chi connectivity index (χ3v) is 5.99. The van der Waals surface area contributed by atoms with E-state index in [2.05, 4.69) is 4.72 Å². The summed E-state index contributed by atoms with van der Waals surface area (Å²) in [6, 6.07) is 4.18. The van der Waals surface area contributed by atoms with Crippen molar-refractivity contribution in [3.05, 3.63) is 28.2 Å².